The normalized spacial score (nSPS) is 41.7. The Morgan fingerprint density at radius 3 is 2.32 bits per heavy atom. The molecule has 3 heteroatoms. The Bertz CT molecular complexity index is 444. The highest BCUT2D eigenvalue weighted by molar-refractivity contribution is 5.16. The monoisotopic (exact) mass is 260 g/mol. The van der Waals surface area contributed by atoms with E-state index in [-0.39, 0.29) is 11.5 Å². The van der Waals surface area contributed by atoms with E-state index in [9.17, 15) is 5.11 Å². The van der Waals surface area contributed by atoms with E-state index in [0.29, 0.717) is 0 Å². The third-order valence-electron chi connectivity index (χ3n) is 5.96. The van der Waals surface area contributed by atoms with Gasteiger partial charge >= 0.3 is 0 Å². The highest BCUT2D eigenvalue weighted by Gasteiger charge is 2.54. The predicted molar refractivity (Wildman–Crippen MR) is 73.5 cm³/mol. The lowest BCUT2D eigenvalue weighted by Crippen LogP contribution is -2.48. The molecule has 4 aliphatic carbocycles. The molecule has 1 heterocycles. The van der Waals surface area contributed by atoms with Gasteiger partial charge in [-0.2, -0.15) is 5.10 Å². The average Bonchev–Trinajstić information content (AvgIpc) is 2.84. The van der Waals surface area contributed by atoms with Crippen molar-refractivity contribution in [3.05, 3.63) is 18.0 Å². The second-order valence-corrected chi connectivity index (χ2v) is 7.31. The summed E-state index contributed by atoms with van der Waals surface area (Å²) in [5, 5.41) is 15.3. The molecule has 0 saturated heterocycles. The van der Waals surface area contributed by atoms with E-state index in [0.717, 1.165) is 29.9 Å². The zero-order valence-corrected chi connectivity index (χ0v) is 11.8. The lowest BCUT2D eigenvalue weighted by molar-refractivity contribution is -0.122. The van der Waals surface area contributed by atoms with Gasteiger partial charge in [0.05, 0.1) is 12.3 Å². The van der Waals surface area contributed by atoms with Crippen LogP contribution in [0.3, 0.4) is 0 Å². The van der Waals surface area contributed by atoms with Gasteiger partial charge in [0.15, 0.2) is 0 Å². The van der Waals surface area contributed by atoms with Crippen molar-refractivity contribution in [2.45, 2.75) is 58.1 Å². The van der Waals surface area contributed by atoms with Crippen LogP contribution in [0.4, 0.5) is 0 Å². The van der Waals surface area contributed by atoms with Gasteiger partial charge in [-0.15, -0.1) is 0 Å². The van der Waals surface area contributed by atoms with E-state index in [1.54, 1.807) is 0 Å². The van der Waals surface area contributed by atoms with Crippen LogP contribution in [0.5, 0.6) is 0 Å². The van der Waals surface area contributed by atoms with Crippen molar-refractivity contribution < 1.29 is 5.11 Å². The lowest BCUT2D eigenvalue weighted by Gasteiger charge is -2.58. The number of aromatic nitrogens is 2. The Morgan fingerprint density at radius 1 is 1.26 bits per heavy atom. The highest BCUT2D eigenvalue weighted by atomic mass is 16.3. The minimum absolute atomic E-state index is 0.177. The molecule has 0 aliphatic heterocycles. The lowest BCUT2D eigenvalue weighted by atomic mass is 9.48. The largest absolute Gasteiger partial charge is 0.388 e. The minimum atomic E-state index is -0.291. The fourth-order valence-electron chi connectivity index (χ4n) is 5.56. The number of hydrogen-bond acceptors (Lipinski definition) is 2. The van der Waals surface area contributed by atoms with Crippen LogP contribution in [-0.4, -0.2) is 14.9 Å². The van der Waals surface area contributed by atoms with Crippen LogP contribution in [0, 0.1) is 23.2 Å². The smallest absolute Gasteiger partial charge is 0.0876 e. The zero-order chi connectivity index (χ0) is 13.0. The molecule has 0 spiro atoms. The van der Waals surface area contributed by atoms with Crippen molar-refractivity contribution >= 4 is 0 Å². The molecule has 4 saturated carbocycles. The maximum absolute atomic E-state index is 10.9. The van der Waals surface area contributed by atoms with Crippen LogP contribution >= 0.6 is 0 Å². The van der Waals surface area contributed by atoms with Gasteiger partial charge in [-0.3, -0.25) is 4.68 Å². The fourth-order valence-corrected chi connectivity index (χ4v) is 5.56. The molecule has 4 aliphatic rings. The van der Waals surface area contributed by atoms with Crippen LogP contribution in [0.1, 0.15) is 57.1 Å². The number of aliphatic hydroxyl groups excluding tert-OH is 1. The quantitative estimate of drug-likeness (QED) is 0.906. The minimum Gasteiger partial charge on any atom is -0.388 e. The van der Waals surface area contributed by atoms with Crippen LogP contribution in [0.25, 0.3) is 0 Å². The van der Waals surface area contributed by atoms with E-state index < -0.39 is 0 Å². The molecule has 4 bridgehead atoms. The summed E-state index contributed by atoms with van der Waals surface area (Å²) in [5.74, 6) is 2.67. The summed E-state index contributed by atoms with van der Waals surface area (Å²) in [6, 6.07) is 0. The first-order chi connectivity index (χ1) is 9.18. The first-order valence-electron chi connectivity index (χ1n) is 7.89. The van der Waals surface area contributed by atoms with Gasteiger partial charge in [0.25, 0.3) is 0 Å². The molecule has 19 heavy (non-hydrogen) atoms. The molecule has 4 fully saturated rings. The van der Waals surface area contributed by atoms with Gasteiger partial charge in [-0.05, 0) is 63.2 Å². The summed E-state index contributed by atoms with van der Waals surface area (Å²) in [6.45, 7) is 2.97. The molecule has 1 aromatic rings. The number of rotatable bonds is 3. The zero-order valence-electron chi connectivity index (χ0n) is 11.8. The third kappa shape index (κ3) is 1.78. The van der Waals surface area contributed by atoms with Gasteiger partial charge in [0.1, 0.15) is 0 Å². The number of aliphatic hydroxyl groups is 1. The van der Waals surface area contributed by atoms with Gasteiger partial charge in [-0.25, -0.2) is 0 Å². The van der Waals surface area contributed by atoms with E-state index >= 15 is 0 Å². The van der Waals surface area contributed by atoms with Crippen molar-refractivity contribution in [3.63, 3.8) is 0 Å². The summed E-state index contributed by atoms with van der Waals surface area (Å²) in [4.78, 5) is 0. The Labute approximate surface area is 115 Å². The highest BCUT2D eigenvalue weighted by Crippen LogP contribution is 2.63. The van der Waals surface area contributed by atoms with Gasteiger partial charge in [0.2, 0.25) is 0 Å². The number of nitrogens with zero attached hydrogens (tertiary/aromatic N) is 2. The summed E-state index contributed by atoms with van der Waals surface area (Å²) < 4.78 is 1.93. The molecule has 1 aromatic heterocycles. The first-order valence-corrected chi connectivity index (χ1v) is 7.89. The summed E-state index contributed by atoms with van der Waals surface area (Å²) in [7, 11) is 0. The topological polar surface area (TPSA) is 38.0 Å². The summed E-state index contributed by atoms with van der Waals surface area (Å²) in [5.41, 5.74) is 1.22. The van der Waals surface area contributed by atoms with Gasteiger partial charge in [0, 0.05) is 23.7 Å². The Morgan fingerprint density at radius 2 is 1.84 bits per heavy atom. The van der Waals surface area contributed by atoms with Crippen LogP contribution < -0.4 is 0 Å². The molecule has 0 amide bonds. The third-order valence-corrected chi connectivity index (χ3v) is 5.96. The number of hydrogen-bond donors (Lipinski definition) is 1. The molecule has 1 atom stereocenters. The second-order valence-electron chi connectivity index (χ2n) is 7.31. The molecule has 5 rings (SSSR count). The van der Waals surface area contributed by atoms with Crippen molar-refractivity contribution in [1.29, 1.82) is 0 Å². The van der Waals surface area contributed by atoms with Crippen molar-refractivity contribution in [3.8, 4) is 0 Å². The molecule has 0 aromatic carbocycles. The van der Waals surface area contributed by atoms with Crippen molar-refractivity contribution in [2.75, 3.05) is 0 Å². The Balaban J connectivity index is 1.63. The molecule has 0 radical (unpaired) electrons. The van der Waals surface area contributed by atoms with E-state index in [1.165, 1.54) is 38.5 Å². The average molecular weight is 260 g/mol. The Kier molecular flexibility index (Phi) is 2.57. The van der Waals surface area contributed by atoms with E-state index in [1.807, 2.05) is 17.1 Å². The molecular weight excluding hydrogens is 236 g/mol. The molecule has 1 unspecified atom stereocenters. The summed E-state index contributed by atoms with van der Waals surface area (Å²) in [6.07, 6.45) is 11.7. The SMILES string of the molecule is CCn1cc(C(O)C23CC4CC(CC(C4)C2)C3)cn1. The number of aryl methyl sites for hydroxylation is 1. The van der Waals surface area contributed by atoms with Crippen LogP contribution in [0.15, 0.2) is 12.4 Å². The summed E-state index contributed by atoms with van der Waals surface area (Å²) >= 11 is 0. The van der Waals surface area contributed by atoms with Crippen molar-refractivity contribution in [2.24, 2.45) is 23.2 Å². The van der Waals surface area contributed by atoms with E-state index in [2.05, 4.69) is 12.0 Å². The van der Waals surface area contributed by atoms with Gasteiger partial charge < -0.3 is 5.11 Å². The molecule has 104 valence electrons. The standard InChI is InChI=1S/C16H24N2O/c1-2-18-10-14(9-17-18)15(19)16-6-11-3-12(7-16)5-13(4-11)8-16/h9-13,15,19H,2-8H2,1H3. The molecule has 3 nitrogen and oxygen atoms in total. The van der Waals surface area contributed by atoms with Crippen LogP contribution in [-0.2, 0) is 6.54 Å². The van der Waals surface area contributed by atoms with Gasteiger partial charge in [-0.1, -0.05) is 0 Å². The molecule has 1 N–H and O–H groups in total. The maximum atomic E-state index is 10.9. The maximum Gasteiger partial charge on any atom is 0.0876 e. The van der Waals surface area contributed by atoms with Crippen LogP contribution in [0.2, 0.25) is 0 Å². The van der Waals surface area contributed by atoms with Crippen molar-refractivity contribution in [1.82, 2.24) is 9.78 Å². The second kappa shape index (κ2) is 4.08. The fraction of sp³-hybridized carbons (Fsp3) is 0.812. The Hall–Kier alpha value is -0.830. The molecular formula is C16H24N2O. The predicted octanol–water partition coefficient (Wildman–Crippen LogP) is 3.15. The van der Waals surface area contributed by atoms with E-state index in [4.69, 9.17) is 0 Å². The first kappa shape index (κ1) is 12.0.